The second kappa shape index (κ2) is 5.13. The van der Waals surface area contributed by atoms with Crippen molar-refractivity contribution >= 4 is 11.9 Å². The zero-order valence-corrected chi connectivity index (χ0v) is 7.90. The standard InChI is InChI=1S/C8H14N6/c1-2-4-11-5-3-6-12-7(9)14-8(10)13-6/h2,11H,1,3-5H2,(H4,9,10,12,13,14). The number of nitrogens with zero attached hydrogens (tertiary/aromatic N) is 3. The fourth-order valence-corrected chi connectivity index (χ4v) is 0.973. The van der Waals surface area contributed by atoms with E-state index in [2.05, 4.69) is 26.8 Å². The monoisotopic (exact) mass is 194 g/mol. The smallest absolute Gasteiger partial charge is 0.225 e. The van der Waals surface area contributed by atoms with Crippen LogP contribution in [0.5, 0.6) is 0 Å². The van der Waals surface area contributed by atoms with Crippen LogP contribution in [-0.4, -0.2) is 28.0 Å². The molecule has 6 heteroatoms. The van der Waals surface area contributed by atoms with Gasteiger partial charge in [-0.3, -0.25) is 0 Å². The van der Waals surface area contributed by atoms with E-state index in [0.29, 0.717) is 12.2 Å². The molecule has 0 aliphatic carbocycles. The fraction of sp³-hybridized carbons (Fsp3) is 0.375. The van der Waals surface area contributed by atoms with E-state index in [9.17, 15) is 0 Å². The average Bonchev–Trinajstić information content (AvgIpc) is 2.11. The van der Waals surface area contributed by atoms with Crippen LogP contribution in [0.15, 0.2) is 12.7 Å². The van der Waals surface area contributed by atoms with Crippen LogP contribution in [0.25, 0.3) is 0 Å². The zero-order chi connectivity index (χ0) is 10.4. The van der Waals surface area contributed by atoms with Gasteiger partial charge in [0.25, 0.3) is 0 Å². The van der Waals surface area contributed by atoms with Crippen LogP contribution >= 0.6 is 0 Å². The highest BCUT2D eigenvalue weighted by Crippen LogP contribution is 1.98. The highest BCUT2D eigenvalue weighted by Gasteiger charge is 2.00. The van der Waals surface area contributed by atoms with E-state index < -0.39 is 0 Å². The molecule has 0 unspecified atom stereocenters. The Morgan fingerprint density at radius 2 is 1.86 bits per heavy atom. The summed E-state index contributed by atoms with van der Waals surface area (Å²) in [6, 6.07) is 0. The Morgan fingerprint density at radius 3 is 2.43 bits per heavy atom. The largest absolute Gasteiger partial charge is 0.368 e. The maximum absolute atomic E-state index is 5.41. The van der Waals surface area contributed by atoms with Crippen molar-refractivity contribution in [1.29, 1.82) is 0 Å². The lowest BCUT2D eigenvalue weighted by atomic mass is 10.4. The van der Waals surface area contributed by atoms with Gasteiger partial charge in [-0.25, -0.2) is 0 Å². The van der Waals surface area contributed by atoms with E-state index in [0.717, 1.165) is 13.1 Å². The van der Waals surface area contributed by atoms with Crippen molar-refractivity contribution in [2.24, 2.45) is 0 Å². The number of hydrogen-bond donors (Lipinski definition) is 3. The van der Waals surface area contributed by atoms with Crippen LogP contribution in [0, 0.1) is 0 Å². The summed E-state index contributed by atoms with van der Waals surface area (Å²) in [6.45, 7) is 5.11. The Hall–Kier alpha value is -1.69. The van der Waals surface area contributed by atoms with Gasteiger partial charge in [-0.15, -0.1) is 6.58 Å². The molecule has 0 bridgehead atoms. The Kier molecular flexibility index (Phi) is 3.81. The molecule has 0 saturated carbocycles. The molecule has 14 heavy (non-hydrogen) atoms. The lowest BCUT2D eigenvalue weighted by Crippen LogP contribution is -2.18. The maximum atomic E-state index is 5.41. The Balaban J connectivity index is 2.46. The van der Waals surface area contributed by atoms with Gasteiger partial charge in [0, 0.05) is 19.5 Å². The molecule has 1 aromatic heterocycles. The van der Waals surface area contributed by atoms with Crippen LogP contribution < -0.4 is 16.8 Å². The van der Waals surface area contributed by atoms with Gasteiger partial charge in [-0.2, -0.15) is 15.0 Å². The average molecular weight is 194 g/mol. The van der Waals surface area contributed by atoms with Crippen LogP contribution in [0.3, 0.4) is 0 Å². The molecule has 1 heterocycles. The van der Waals surface area contributed by atoms with Gasteiger partial charge in [0.2, 0.25) is 11.9 Å². The van der Waals surface area contributed by atoms with E-state index in [-0.39, 0.29) is 11.9 Å². The summed E-state index contributed by atoms with van der Waals surface area (Å²) in [7, 11) is 0. The van der Waals surface area contributed by atoms with Crippen LogP contribution in [0.4, 0.5) is 11.9 Å². The second-order valence-electron chi connectivity index (χ2n) is 2.71. The number of hydrogen-bond acceptors (Lipinski definition) is 6. The first-order valence-corrected chi connectivity index (χ1v) is 4.30. The van der Waals surface area contributed by atoms with Crippen LogP contribution in [0.1, 0.15) is 5.82 Å². The summed E-state index contributed by atoms with van der Waals surface area (Å²) in [4.78, 5) is 11.6. The highest BCUT2D eigenvalue weighted by molar-refractivity contribution is 5.25. The highest BCUT2D eigenvalue weighted by atomic mass is 15.1. The number of aromatic nitrogens is 3. The van der Waals surface area contributed by atoms with Gasteiger partial charge in [-0.1, -0.05) is 6.08 Å². The van der Waals surface area contributed by atoms with Gasteiger partial charge in [0.05, 0.1) is 0 Å². The van der Waals surface area contributed by atoms with Gasteiger partial charge in [0.1, 0.15) is 5.82 Å². The number of nitrogen functional groups attached to an aromatic ring is 2. The molecule has 5 N–H and O–H groups in total. The molecule has 6 nitrogen and oxygen atoms in total. The number of anilines is 2. The minimum atomic E-state index is 0.163. The quantitative estimate of drug-likeness (QED) is 0.425. The molecule has 0 aliphatic heterocycles. The van der Waals surface area contributed by atoms with Crippen molar-refractivity contribution in [2.45, 2.75) is 6.42 Å². The molecule has 76 valence electrons. The van der Waals surface area contributed by atoms with Crippen molar-refractivity contribution in [3.05, 3.63) is 18.5 Å². The SMILES string of the molecule is C=CCNCCc1nc(N)nc(N)n1. The first-order chi connectivity index (χ1) is 6.72. The molecular weight excluding hydrogens is 180 g/mol. The maximum Gasteiger partial charge on any atom is 0.225 e. The molecule has 0 fully saturated rings. The normalized spacial score (nSPS) is 10.0. The molecule has 0 atom stereocenters. The third kappa shape index (κ3) is 3.36. The van der Waals surface area contributed by atoms with E-state index >= 15 is 0 Å². The predicted molar refractivity (Wildman–Crippen MR) is 55.4 cm³/mol. The third-order valence-electron chi connectivity index (χ3n) is 1.53. The van der Waals surface area contributed by atoms with Crippen molar-refractivity contribution in [2.75, 3.05) is 24.6 Å². The first kappa shape index (κ1) is 10.4. The van der Waals surface area contributed by atoms with Crippen molar-refractivity contribution < 1.29 is 0 Å². The summed E-state index contributed by atoms with van der Waals surface area (Å²) in [5.41, 5.74) is 10.8. The van der Waals surface area contributed by atoms with E-state index in [1.54, 1.807) is 6.08 Å². The molecule has 0 radical (unpaired) electrons. The molecule has 1 rings (SSSR count). The van der Waals surface area contributed by atoms with E-state index in [4.69, 9.17) is 11.5 Å². The second-order valence-corrected chi connectivity index (χ2v) is 2.71. The Morgan fingerprint density at radius 1 is 1.21 bits per heavy atom. The molecule has 0 aromatic carbocycles. The summed E-state index contributed by atoms with van der Waals surface area (Å²) in [5.74, 6) is 0.930. The summed E-state index contributed by atoms with van der Waals surface area (Å²) >= 11 is 0. The number of rotatable bonds is 5. The van der Waals surface area contributed by atoms with Gasteiger partial charge in [-0.05, 0) is 0 Å². The topological polar surface area (TPSA) is 103 Å². The summed E-state index contributed by atoms with van der Waals surface area (Å²) < 4.78 is 0. The van der Waals surface area contributed by atoms with E-state index in [1.165, 1.54) is 0 Å². The van der Waals surface area contributed by atoms with Crippen molar-refractivity contribution in [3.8, 4) is 0 Å². The molecule has 0 spiro atoms. The van der Waals surface area contributed by atoms with Crippen molar-refractivity contribution in [3.63, 3.8) is 0 Å². The van der Waals surface area contributed by atoms with Crippen LogP contribution in [0.2, 0.25) is 0 Å². The van der Waals surface area contributed by atoms with Gasteiger partial charge >= 0.3 is 0 Å². The fourth-order valence-electron chi connectivity index (χ4n) is 0.973. The lowest BCUT2D eigenvalue weighted by Gasteiger charge is -2.02. The zero-order valence-electron chi connectivity index (χ0n) is 7.90. The molecule has 0 aliphatic rings. The lowest BCUT2D eigenvalue weighted by molar-refractivity contribution is 0.717. The minimum Gasteiger partial charge on any atom is -0.368 e. The predicted octanol–water partition coefficient (Wildman–Crippen LogP) is -0.646. The molecule has 0 amide bonds. The Bertz CT molecular complexity index is 290. The van der Waals surface area contributed by atoms with E-state index in [1.807, 2.05) is 0 Å². The van der Waals surface area contributed by atoms with Gasteiger partial charge < -0.3 is 16.8 Å². The van der Waals surface area contributed by atoms with Crippen LogP contribution in [-0.2, 0) is 6.42 Å². The molecular formula is C8H14N6. The Labute approximate surface area is 82.5 Å². The first-order valence-electron chi connectivity index (χ1n) is 4.30. The van der Waals surface area contributed by atoms with Gasteiger partial charge in [0.15, 0.2) is 0 Å². The third-order valence-corrected chi connectivity index (χ3v) is 1.53. The molecule has 0 saturated heterocycles. The summed E-state index contributed by atoms with van der Waals surface area (Å²) in [5, 5.41) is 3.12. The van der Waals surface area contributed by atoms with Crippen molar-refractivity contribution in [1.82, 2.24) is 20.3 Å². The summed E-state index contributed by atoms with van der Waals surface area (Å²) in [6.07, 6.45) is 2.46. The number of nitrogens with two attached hydrogens (primary N) is 2. The number of nitrogens with one attached hydrogen (secondary N) is 1. The molecule has 1 aromatic rings. The minimum absolute atomic E-state index is 0.163.